The molecule has 2 fully saturated rings. The van der Waals surface area contributed by atoms with E-state index >= 15 is 0 Å². The number of rotatable bonds is 5. The molecule has 140 valence electrons. The van der Waals surface area contributed by atoms with Crippen LogP contribution in [0.15, 0.2) is 33.4 Å². The Morgan fingerprint density at radius 3 is 3.15 bits per heavy atom. The van der Waals surface area contributed by atoms with E-state index in [1.165, 1.54) is 6.26 Å². The van der Waals surface area contributed by atoms with Crippen molar-refractivity contribution in [3.8, 4) is 0 Å². The highest BCUT2D eigenvalue weighted by molar-refractivity contribution is 5.91. The van der Waals surface area contributed by atoms with Gasteiger partial charge in [0.15, 0.2) is 5.76 Å². The van der Waals surface area contributed by atoms with Gasteiger partial charge in [-0.25, -0.2) is 0 Å². The lowest BCUT2D eigenvalue weighted by atomic mass is 9.90. The van der Waals surface area contributed by atoms with Gasteiger partial charge >= 0.3 is 0 Å². The predicted octanol–water partition coefficient (Wildman–Crippen LogP) is 2.52. The first-order valence-corrected chi connectivity index (χ1v) is 9.26. The van der Waals surface area contributed by atoms with E-state index in [9.17, 15) is 4.79 Å². The zero-order chi connectivity index (χ0) is 18.0. The third-order valence-corrected chi connectivity index (χ3v) is 5.27. The first kappa shape index (κ1) is 17.3. The van der Waals surface area contributed by atoms with Crippen LogP contribution in [0.4, 0.5) is 0 Å². The highest BCUT2D eigenvalue weighted by Crippen LogP contribution is 2.37. The normalized spacial score (nSPS) is 26.4. The van der Waals surface area contributed by atoms with Crippen molar-refractivity contribution >= 4 is 5.91 Å². The molecule has 2 aliphatic rings. The van der Waals surface area contributed by atoms with E-state index < -0.39 is 0 Å². The van der Waals surface area contributed by atoms with Crippen molar-refractivity contribution < 1.29 is 18.5 Å². The van der Waals surface area contributed by atoms with Crippen LogP contribution in [-0.4, -0.2) is 47.3 Å². The number of ether oxygens (including phenoxy) is 1. The van der Waals surface area contributed by atoms with Gasteiger partial charge in [-0.15, -0.1) is 0 Å². The van der Waals surface area contributed by atoms with Gasteiger partial charge in [0.1, 0.15) is 5.76 Å². The Kier molecular flexibility index (Phi) is 4.82. The summed E-state index contributed by atoms with van der Waals surface area (Å²) in [5.41, 5.74) is 0.870. The van der Waals surface area contributed by atoms with Crippen LogP contribution in [0, 0.1) is 6.92 Å². The van der Waals surface area contributed by atoms with Crippen molar-refractivity contribution in [3.05, 3.63) is 41.7 Å². The van der Waals surface area contributed by atoms with E-state index in [4.69, 9.17) is 13.7 Å². The highest BCUT2D eigenvalue weighted by Gasteiger charge is 2.43. The fourth-order valence-corrected chi connectivity index (χ4v) is 4.05. The number of aryl methyl sites for hydroxylation is 1. The lowest BCUT2D eigenvalue weighted by Gasteiger charge is -2.38. The first-order chi connectivity index (χ1) is 12.6. The van der Waals surface area contributed by atoms with Crippen LogP contribution in [0.2, 0.25) is 0 Å². The number of aromatic nitrogens is 1. The van der Waals surface area contributed by atoms with Crippen molar-refractivity contribution in [2.45, 2.75) is 50.9 Å². The summed E-state index contributed by atoms with van der Waals surface area (Å²) in [6.45, 7) is 5.12. The second-order valence-corrected chi connectivity index (χ2v) is 7.39. The summed E-state index contributed by atoms with van der Waals surface area (Å²) >= 11 is 0. The molecule has 2 aliphatic heterocycles. The second kappa shape index (κ2) is 7.25. The van der Waals surface area contributed by atoms with Crippen molar-refractivity contribution in [1.82, 2.24) is 15.4 Å². The van der Waals surface area contributed by atoms with E-state index in [0.29, 0.717) is 12.3 Å². The Labute approximate surface area is 152 Å². The van der Waals surface area contributed by atoms with Crippen molar-refractivity contribution in [1.29, 1.82) is 0 Å². The van der Waals surface area contributed by atoms with Gasteiger partial charge < -0.3 is 19.0 Å². The third kappa shape index (κ3) is 3.83. The van der Waals surface area contributed by atoms with Gasteiger partial charge in [0.2, 0.25) is 0 Å². The van der Waals surface area contributed by atoms with E-state index in [-0.39, 0.29) is 17.6 Å². The molecule has 7 nitrogen and oxygen atoms in total. The molecule has 0 saturated carbocycles. The average molecular weight is 359 g/mol. The summed E-state index contributed by atoms with van der Waals surface area (Å²) in [4.78, 5) is 14.4. The SMILES string of the molecule is Cc1cc(CN2CC[C@@]3(CCC[C@@H](CNC(=O)c4ccco4)O3)C2)no1. The number of hydrogen-bond donors (Lipinski definition) is 1. The maximum absolute atomic E-state index is 12.0. The molecule has 2 aromatic rings. The van der Waals surface area contributed by atoms with E-state index in [0.717, 1.165) is 56.8 Å². The molecule has 2 atom stereocenters. The van der Waals surface area contributed by atoms with Crippen molar-refractivity contribution in [3.63, 3.8) is 0 Å². The van der Waals surface area contributed by atoms with Crippen molar-refractivity contribution in [2.24, 2.45) is 0 Å². The van der Waals surface area contributed by atoms with Gasteiger partial charge in [-0.2, -0.15) is 0 Å². The zero-order valence-electron chi connectivity index (χ0n) is 15.1. The van der Waals surface area contributed by atoms with Gasteiger partial charge in [0, 0.05) is 32.2 Å². The Bertz CT molecular complexity index is 742. The minimum Gasteiger partial charge on any atom is -0.459 e. The van der Waals surface area contributed by atoms with E-state index in [1.54, 1.807) is 12.1 Å². The first-order valence-electron chi connectivity index (χ1n) is 9.26. The van der Waals surface area contributed by atoms with Gasteiger partial charge in [0.05, 0.1) is 23.7 Å². The third-order valence-electron chi connectivity index (χ3n) is 5.27. The molecule has 0 aromatic carbocycles. The molecule has 26 heavy (non-hydrogen) atoms. The van der Waals surface area contributed by atoms with E-state index in [1.807, 2.05) is 13.0 Å². The molecule has 2 saturated heterocycles. The van der Waals surface area contributed by atoms with Crippen LogP contribution in [0.1, 0.15) is 47.7 Å². The van der Waals surface area contributed by atoms with Crippen LogP contribution in [0.25, 0.3) is 0 Å². The Balaban J connectivity index is 1.29. The number of carbonyl (C=O) groups is 1. The molecular weight excluding hydrogens is 334 g/mol. The number of amides is 1. The Hall–Kier alpha value is -2.12. The van der Waals surface area contributed by atoms with Crippen LogP contribution < -0.4 is 5.32 Å². The number of nitrogens with one attached hydrogen (secondary N) is 1. The fourth-order valence-electron chi connectivity index (χ4n) is 4.05. The largest absolute Gasteiger partial charge is 0.459 e. The van der Waals surface area contributed by atoms with Gasteiger partial charge in [-0.1, -0.05) is 5.16 Å². The minimum absolute atomic E-state index is 0.0527. The molecule has 0 unspecified atom stereocenters. The summed E-state index contributed by atoms with van der Waals surface area (Å²) in [7, 11) is 0. The standard InChI is InChI=1S/C19H25N3O4/c1-14-10-15(21-26-14)12-22-8-7-19(13-22)6-2-4-16(25-19)11-20-18(23)17-5-3-9-24-17/h3,5,9-10,16H,2,4,6-8,11-13H2,1H3,(H,20,23)/t16-,19-/m0/s1. The van der Waals surface area contributed by atoms with Crippen LogP contribution >= 0.6 is 0 Å². The molecule has 4 rings (SSSR count). The Morgan fingerprint density at radius 1 is 1.46 bits per heavy atom. The quantitative estimate of drug-likeness (QED) is 0.883. The molecule has 1 spiro atoms. The molecule has 7 heteroatoms. The second-order valence-electron chi connectivity index (χ2n) is 7.39. The number of carbonyl (C=O) groups excluding carboxylic acids is 1. The average Bonchev–Trinajstić information content (AvgIpc) is 3.36. The summed E-state index contributed by atoms with van der Waals surface area (Å²) in [6, 6.07) is 5.36. The highest BCUT2D eigenvalue weighted by atomic mass is 16.5. The number of hydrogen-bond acceptors (Lipinski definition) is 6. The maximum Gasteiger partial charge on any atom is 0.287 e. The maximum atomic E-state index is 12.0. The topological polar surface area (TPSA) is 80.7 Å². The predicted molar refractivity (Wildman–Crippen MR) is 93.6 cm³/mol. The van der Waals surface area contributed by atoms with Gasteiger partial charge in [0.25, 0.3) is 5.91 Å². The van der Waals surface area contributed by atoms with Crippen LogP contribution in [0.5, 0.6) is 0 Å². The van der Waals surface area contributed by atoms with Gasteiger partial charge in [-0.3, -0.25) is 9.69 Å². The molecule has 0 aliphatic carbocycles. The molecule has 1 amide bonds. The summed E-state index contributed by atoms with van der Waals surface area (Å²) in [5, 5.41) is 7.01. The molecule has 0 radical (unpaired) electrons. The zero-order valence-corrected chi connectivity index (χ0v) is 15.1. The lowest BCUT2D eigenvalue weighted by Crippen LogP contribution is -2.46. The fraction of sp³-hybridized carbons (Fsp3) is 0.579. The lowest BCUT2D eigenvalue weighted by molar-refractivity contribution is -0.118. The molecule has 2 aromatic heterocycles. The van der Waals surface area contributed by atoms with Crippen molar-refractivity contribution in [2.75, 3.05) is 19.6 Å². The molecular formula is C19H25N3O4. The number of likely N-dealkylation sites (tertiary alicyclic amines) is 1. The Morgan fingerprint density at radius 2 is 2.38 bits per heavy atom. The van der Waals surface area contributed by atoms with Crippen LogP contribution in [-0.2, 0) is 11.3 Å². The smallest absolute Gasteiger partial charge is 0.287 e. The monoisotopic (exact) mass is 359 g/mol. The van der Waals surface area contributed by atoms with Gasteiger partial charge in [-0.05, 0) is 44.7 Å². The van der Waals surface area contributed by atoms with E-state index in [2.05, 4.69) is 15.4 Å². The number of nitrogens with zero attached hydrogens (tertiary/aromatic N) is 2. The molecule has 1 N–H and O–H groups in total. The summed E-state index contributed by atoms with van der Waals surface area (Å²) in [5.74, 6) is 0.994. The molecule has 4 heterocycles. The number of furan rings is 1. The summed E-state index contributed by atoms with van der Waals surface area (Å²) in [6.07, 6.45) is 5.75. The molecule has 0 bridgehead atoms. The minimum atomic E-state index is -0.187. The summed E-state index contributed by atoms with van der Waals surface area (Å²) < 4.78 is 16.7. The van der Waals surface area contributed by atoms with Crippen LogP contribution in [0.3, 0.4) is 0 Å².